The molecule has 0 saturated carbocycles. The van der Waals surface area contributed by atoms with Crippen LogP contribution >= 0.6 is 0 Å². The molecular weight excluding hydrogens is 366 g/mol. The number of carbonyl (C=O) groups is 1. The molecule has 0 aliphatic carbocycles. The van der Waals surface area contributed by atoms with E-state index in [-0.39, 0.29) is 17.9 Å². The van der Waals surface area contributed by atoms with E-state index in [0.29, 0.717) is 39.0 Å². The van der Waals surface area contributed by atoms with Crippen LogP contribution < -0.4 is 5.32 Å². The Morgan fingerprint density at radius 1 is 1.17 bits per heavy atom. The Balaban J connectivity index is 1.64. The first kappa shape index (κ1) is 19.5. The molecule has 1 fully saturated rings. The van der Waals surface area contributed by atoms with Crippen LogP contribution in [0.1, 0.15) is 43.4 Å². The molecule has 6 nitrogen and oxygen atoms in total. The number of benzene rings is 2. The third kappa shape index (κ3) is 4.12. The summed E-state index contributed by atoms with van der Waals surface area (Å²) in [6.45, 7) is 3.37. The van der Waals surface area contributed by atoms with Gasteiger partial charge in [-0.1, -0.05) is 42.5 Å². The van der Waals surface area contributed by atoms with Crippen LogP contribution in [0.5, 0.6) is 5.75 Å². The Morgan fingerprint density at radius 3 is 2.55 bits per heavy atom. The van der Waals surface area contributed by atoms with E-state index < -0.39 is 5.66 Å². The van der Waals surface area contributed by atoms with E-state index >= 15 is 0 Å². The van der Waals surface area contributed by atoms with E-state index in [1.165, 1.54) is 5.56 Å². The van der Waals surface area contributed by atoms with Crippen molar-refractivity contribution in [1.82, 2.24) is 10.2 Å². The SMILES string of the molecule is CCOC(=O)N1CCC2(CC1)N=C(c1ccccc1O)CC(c1ccccc1)N2. The molecular formula is C23H27N3O3. The first-order chi connectivity index (χ1) is 14.1. The van der Waals surface area contributed by atoms with E-state index in [9.17, 15) is 9.90 Å². The smallest absolute Gasteiger partial charge is 0.409 e. The largest absolute Gasteiger partial charge is 0.507 e. The number of phenolic OH excluding ortho intramolecular Hbond substituents is 1. The summed E-state index contributed by atoms with van der Waals surface area (Å²) in [7, 11) is 0. The first-order valence-electron chi connectivity index (χ1n) is 10.2. The topological polar surface area (TPSA) is 74.2 Å². The second-order valence-electron chi connectivity index (χ2n) is 7.60. The van der Waals surface area contributed by atoms with Crippen molar-refractivity contribution in [2.45, 2.75) is 37.9 Å². The average Bonchev–Trinajstić information content (AvgIpc) is 2.75. The van der Waals surface area contributed by atoms with Crippen LogP contribution in [0.2, 0.25) is 0 Å². The van der Waals surface area contributed by atoms with Gasteiger partial charge in [0, 0.05) is 49.7 Å². The molecule has 2 aromatic carbocycles. The number of likely N-dealkylation sites (tertiary alicyclic amines) is 1. The van der Waals surface area contributed by atoms with Crippen molar-refractivity contribution in [2.75, 3.05) is 19.7 Å². The van der Waals surface area contributed by atoms with Gasteiger partial charge in [-0.05, 0) is 24.6 Å². The minimum atomic E-state index is -0.459. The fourth-order valence-corrected chi connectivity index (χ4v) is 4.21. The molecule has 2 heterocycles. The molecule has 4 rings (SSSR count). The number of ether oxygens (including phenoxy) is 1. The first-order valence-corrected chi connectivity index (χ1v) is 10.2. The summed E-state index contributed by atoms with van der Waals surface area (Å²) >= 11 is 0. The van der Waals surface area contributed by atoms with Crippen molar-refractivity contribution in [1.29, 1.82) is 0 Å². The van der Waals surface area contributed by atoms with Crippen molar-refractivity contribution in [2.24, 2.45) is 4.99 Å². The van der Waals surface area contributed by atoms with Crippen LogP contribution in [0.15, 0.2) is 59.6 Å². The second-order valence-corrected chi connectivity index (χ2v) is 7.60. The van der Waals surface area contributed by atoms with Crippen LogP contribution in [0.25, 0.3) is 0 Å². The normalized spacial score (nSPS) is 20.9. The number of para-hydroxylation sites is 1. The third-order valence-electron chi connectivity index (χ3n) is 5.72. The molecule has 2 N–H and O–H groups in total. The summed E-state index contributed by atoms with van der Waals surface area (Å²) < 4.78 is 5.15. The lowest BCUT2D eigenvalue weighted by molar-refractivity contribution is 0.0779. The number of rotatable bonds is 3. The molecule has 1 atom stereocenters. The Labute approximate surface area is 171 Å². The molecule has 1 spiro atoms. The van der Waals surface area contributed by atoms with Crippen molar-refractivity contribution >= 4 is 11.8 Å². The Kier molecular flexibility index (Phi) is 5.53. The number of nitrogens with one attached hydrogen (secondary N) is 1. The zero-order chi connectivity index (χ0) is 20.3. The molecule has 1 amide bonds. The Hall–Kier alpha value is -2.86. The summed E-state index contributed by atoms with van der Waals surface area (Å²) in [5.41, 5.74) is 2.42. The van der Waals surface area contributed by atoms with Crippen LogP contribution in [0.4, 0.5) is 4.79 Å². The highest BCUT2D eigenvalue weighted by Crippen LogP contribution is 2.36. The molecule has 29 heavy (non-hydrogen) atoms. The standard InChI is InChI=1S/C23H27N3O3/c1-2-29-22(28)26-14-12-23(13-15-26)24-19(17-8-4-3-5-9-17)16-20(25-23)18-10-6-7-11-21(18)27/h3-11,19,24,27H,2,12-16H2,1H3. The van der Waals surface area contributed by atoms with Gasteiger partial charge in [0.1, 0.15) is 11.4 Å². The molecule has 2 aromatic rings. The van der Waals surface area contributed by atoms with Crippen molar-refractivity contribution in [3.8, 4) is 5.75 Å². The van der Waals surface area contributed by atoms with E-state index in [1.807, 2.05) is 43.3 Å². The minimum absolute atomic E-state index is 0.0949. The number of amides is 1. The van der Waals surface area contributed by atoms with Gasteiger partial charge in [0.25, 0.3) is 0 Å². The maximum Gasteiger partial charge on any atom is 0.409 e. The highest BCUT2D eigenvalue weighted by molar-refractivity contribution is 6.03. The molecule has 2 aliphatic heterocycles. The highest BCUT2D eigenvalue weighted by atomic mass is 16.6. The fraction of sp³-hybridized carbons (Fsp3) is 0.391. The van der Waals surface area contributed by atoms with Crippen LogP contribution in [0.3, 0.4) is 0 Å². The second kappa shape index (κ2) is 8.25. The van der Waals surface area contributed by atoms with Gasteiger partial charge in [-0.2, -0.15) is 0 Å². The number of nitrogens with zero attached hydrogens (tertiary/aromatic N) is 2. The monoisotopic (exact) mass is 393 g/mol. The number of hydrogen-bond donors (Lipinski definition) is 2. The fourth-order valence-electron chi connectivity index (χ4n) is 4.21. The third-order valence-corrected chi connectivity index (χ3v) is 5.72. The van der Waals surface area contributed by atoms with Gasteiger partial charge in [-0.25, -0.2) is 4.79 Å². The molecule has 1 saturated heterocycles. The Bertz CT molecular complexity index is 889. The summed E-state index contributed by atoms with van der Waals surface area (Å²) in [6.07, 6.45) is 1.84. The van der Waals surface area contributed by atoms with Gasteiger partial charge < -0.3 is 14.7 Å². The summed E-state index contributed by atoms with van der Waals surface area (Å²) in [4.78, 5) is 18.9. The molecule has 152 valence electrons. The lowest BCUT2D eigenvalue weighted by Crippen LogP contribution is -2.56. The van der Waals surface area contributed by atoms with Gasteiger partial charge in [-0.3, -0.25) is 10.3 Å². The van der Waals surface area contributed by atoms with Crippen molar-refractivity contribution < 1.29 is 14.6 Å². The van der Waals surface area contributed by atoms with Gasteiger partial charge >= 0.3 is 6.09 Å². The highest BCUT2D eigenvalue weighted by Gasteiger charge is 2.41. The molecule has 0 radical (unpaired) electrons. The van der Waals surface area contributed by atoms with Crippen LogP contribution in [-0.2, 0) is 4.74 Å². The zero-order valence-electron chi connectivity index (χ0n) is 16.7. The molecule has 0 bridgehead atoms. The van der Waals surface area contributed by atoms with E-state index in [2.05, 4.69) is 17.4 Å². The maximum absolute atomic E-state index is 12.1. The zero-order valence-corrected chi connectivity index (χ0v) is 16.7. The minimum Gasteiger partial charge on any atom is -0.507 e. The molecule has 1 unspecified atom stereocenters. The number of phenols is 1. The Morgan fingerprint density at radius 2 is 1.86 bits per heavy atom. The average molecular weight is 393 g/mol. The summed E-state index contributed by atoms with van der Waals surface area (Å²) in [5, 5.41) is 14.2. The number of piperidine rings is 1. The quantitative estimate of drug-likeness (QED) is 0.830. The van der Waals surface area contributed by atoms with Crippen LogP contribution in [0, 0.1) is 0 Å². The molecule has 6 heteroatoms. The van der Waals surface area contributed by atoms with Crippen molar-refractivity contribution in [3.63, 3.8) is 0 Å². The van der Waals surface area contributed by atoms with Gasteiger partial charge in [0.15, 0.2) is 0 Å². The number of aliphatic imine (C=N–C) groups is 1. The van der Waals surface area contributed by atoms with Crippen LogP contribution in [-0.4, -0.2) is 47.2 Å². The lowest BCUT2D eigenvalue weighted by atomic mass is 9.87. The predicted octanol–water partition coefficient (Wildman–Crippen LogP) is 3.86. The predicted molar refractivity (Wildman–Crippen MR) is 112 cm³/mol. The van der Waals surface area contributed by atoms with Gasteiger partial charge in [0.05, 0.1) is 6.61 Å². The lowest BCUT2D eigenvalue weighted by Gasteiger charge is -2.45. The van der Waals surface area contributed by atoms with E-state index in [0.717, 1.165) is 11.3 Å². The number of aromatic hydroxyl groups is 1. The van der Waals surface area contributed by atoms with Gasteiger partial charge in [-0.15, -0.1) is 0 Å². The summed E-state index contributed by atoms with van der Waals surface area (Å²) in [5.74, 6) is 0.249. The maximum atomic E-state index is 12.1. The number of carbonyl (C=O) groups excluding carboxylic acids is 1. The van der Waals surface area contributed by atoms with Crippen molar-refractivity contribution in [3.05, 3.63) is 65.7 Å². The van der Waals surface area contributed by atoms with Gasteiger partial charge in [0.2, 0.25) is 0 Å². The number of hydrogen-bond acceptors (Lipinski definition) is 5. The summed E-state index contributed by atoms with van der Waals surface area (Å²) in [6, 6.07) is 17.8. The van der Waals surface area contributed by atoms with E-state index in [1.54, 1.807) is 11.0 Å². The van der Waals surface area contributed by atoms with E-state index in [4.69, 9.17) is 9.73 Å². The molecule has 2 aliphatic rings. The molecule has 0 aromatic heterocycles.